The summed E-state index contributed by atoms with van der Waals surface area (Å²) in [6.45, 7) is 7.09. The molecule has 188 valence electrons. The summed E-state index contributed by atoms with van der Waals surface area (Å²) in [5.74, 6) is 0.601. The zero-order chi connectivity index (χ0) is 25.6. The van der Waals surface area contributed by atoms with Crippen LogP contribution in [0, 0.1) is 17.8 Å². The summed E-state index contributed by atoms with van der Waals surface area (Å²) in [7, 11) is 1.15. The minimum atomic E-state index is -1.75. The molecule has 5 N–H and O–H groups in total. The first kappa shape index (κ1) is 30.6. The van der Waals surface area contributed by atoms with Crippen molar-refractivity contribution in [2.24, 2.45) is 5.41 Å². The van der Waals surface area contributed by atoms with Gasteiger partial charge in [0.15, 0.2) is 6.10 Å². The quantitative estimate of drug-likeness (QED) is 0.0999. The van der Waals surface area contributed by atoms with E-state index in [-0.39, 0.29) is 25.0 Å². The molecule has 0 aromatic heterocycles. The molecule has 0 aliphatic carbocycles. The van der Waals surface area contributed by atoms with E-state index in [0.29, 0.717) is 12.8 Å². The molecular weight excluding hydrogens is 432 g/mol. The van der Waals surface area contributed by atoms with Crippen molar-refractivity contribution in [2.75, 3.05) is 20.3 Å². The van der Waals surface area contributed by atoms with Gasteiger partial charge in [0, 0.05) is 20.0 Å². The molecule has 33 heavy (non-hydrogen) atoms. The number of terminal acetylenes is 1. The van der Waals surface area contributed by atoms with E-state index in [4.69, 9.17) is 15.9 Å². The lowest BCUT2D eigenvalue weighted by molar-refractivity contribution is -0.150. The number of carbonyl (C=O) groups excluding carboxylic acids is 3. The van der Waals surface area contributed by atoms with Crippen LogP contribution in [0.25, 0.3) is 0 Å². The van der Waals surface area contributed by atoms with Crippen molar-refractivity contribution in [3.63, 3.8) is 0 Å². The van der Waals surface area contributed by atoms with Gasteiger partial charge < -0.3 is 35.4 Å². The number of aliphatic hydroxyl groups is 3. The largest absolute Gasteiger partial charge is 0.464 e. The third-order valence-electron chi connectivity index (χ3n) is 4.43. The van der Waals surface area contributed by atoms with Crippen LogP contribution in [0.15, 0.2) is 12.2 Å². The van der Waals surface area contributed by atoms with E-state index in [2.05, 4.69) is 16.6 Å². The number of aliphatic hydroxyl groups excluding tert-OH is 3. The Hall–Kier alpha value is -2.45. The van der Waals surface area contributed by atoms with Gasteiger partial charge in [-0.05, 0) is 18.8 Å². The standard InChI is InChI=1S/C23H38N2O8/c1-7-8-9-10-17(27)33-14-13-24-21(30)15(2)25-22(31)20(32-6)19(29)18(28)16(26)11-12-23(3,4)5/h1,11-12,15-16,18-20,26,28-29H,8-10,13-14H2,2-6H3,(H,24,30)(H,25,31)/b12-11+/t15-,16+,18-,19+,20+/m0/s1. The average molecular weight is 471 g/mol. The van der Waals surface area contributed by atoms with Crippen molar-refractivity contribution in [3.8, 4) is 12.3 Å². The molecule has 10 nitrogen and oxygen atoms in total. The third kappa shape index (κ3) is 13.0. The molecule has 0 aromatic carbocycles. The van der Waals surface area contributed by atoms with Crippen molar-refractivity contribution >= 4 is 17.8 Å². The van der Waals surface area contributed by atoms with Gasteiger partial charge in [-0.1, -0.05) is 32.9 Å². The summed E-state index contributed by atoms with van der Waals surface area (Å²) in [6, 6.07) is -1.00. The van der Waals surface area contributed by atoms with Gasteiger partial charge in [0.2, 0.25) is 5.91 Å². The molecule has 5 atom stereocenters. The van der Waals surface area contributed by atoms with E-state index in [0.717, 1.165) is 7.11 Å². The SMILES string of the molecule is C#CCCCC(=O)OCCNC(=O)[C@H](C)NC(=O)[C@H](OC)[C@H](O)[C@@H](O)[C@H](O)/C=C/C(C)(C)C. The molecule has 0 radical (unpaired) electrons. The van der Waals surface area contributed by atoms with E-state index < -0.39 is 48.2 Å². The number of hydrogen-bond acceptors (Lipinski definition) is 8. The average Bonchev–Trinajstić information content (AvgIpc) is 2.74. The molecule has 10 heteroatoms. The molecule has 0 heterocycles. The van der Waals surface area contributed by atoms with Gasteiger partial charge in [0.1, 0.15) is 31.0 Å². The number of ether oxygens (including phenoxy) is 2. The Balaban J connectivity index is 4.62. The first-order valence-corrected chi connectivity index (χ1v) is 10.8. The molecule has 0 unspecified atom stereocenters. The fourth-order valence-corrected chi connectivity index (χ4v) is 2.54. The van der Waals surface area contributed by atoms with Crippen LogP contribution in [0.2, 0.25) is 0 Å². The number of rotatable bonds is 14. The normalized spacial score (nSPS) is 16.2. The zero-order valence-electron chi connectivity index (χ0n) is 20.0. The minimum Gasteiger partial charge on any atom is -0.464 e. The fraction of sp³-hybridized carbons (Fsp3) is 0.696. The van der Waals surface area contributed by atoms with Crippen LogP contribution in [0.1, 0.15) is 47.0 Å². The van der Waals surface area contributed by atoms with Crippen LogP contribution in [0.4, 0.5) is 0 Å². The Bertz CT molecular complexity index is 696. The monoisotopic (exact) mass is 470 g/mol. The lowest BCUT2D eigenvalue weighted by Gasteiger charge is -2.28. The fourth-order valence-electron chi connectivity index (χ4n) is 2.54. The maximum absolute atomic E-state index is 12.4. The predicted octanol–water partition coefficient (Wildman–Crippen LogP) is -0.346. The summed E-state index contributed by atoms with van der Waals surface area (Å²) in [4.78, 5) is 36.1. The van der Waals surface area contributed by atoms with Crippen LogP contribution in [0.3, 0.4) is 0 Å². The van der Waals surface area contributed by atoms with Crippen LogP contribution >= 0.6 is 0 Å². The Morgan fingerprint density at radius 1 is 1.12 bits per heavy atom. The highest BCUT2D eigenvalue weighted by Gasteiger charge is 2.36. The summed E-state index contributed by atoms with van der Waals surface area (Å²) >= 11 is 0. The van der Waals surface area contributed by atoms with Crippen LogP contribution in [-0.4, -0.2) is 83.8 Å². The van der Waals surface area contributed by atoms with Crippen LogP contribution in [-0.2, 0) is 23.9 Å². The lowest BCUT2D eigenvalue weighted by Crippen LogP contribution is -2.55. The van der Waals surface area contributed by atoms with Gasteiger partial charge in [-0.3, -0.25) is 14.4 Å². The van der Waals surface area contributed by atoms with E-state index in [9.17, 15) is 29.7 Å². The first-order valence-electron chi connectivity index (χ1n) is 10.8. The van der Waals surface area contributed by atoms with E-state index in [1.54, 1.807) is 6.08 Å². The second-order valence-electron chi connectivity index (χ2n) is 8.65. The number of amides is 2. The summed E-state index contributed by atoms with van der Waals surface area (Å²) in [5.41, 5.74) is -0.257. The lowest BCUT2D eigenvalue weighted by atomic mass is 9.94. The first-order chi connectivity index (χ1) is 15.3. The highest BCUT2D eigenvalue weighted by atomic mass is 16.5. The topological polar surface area (TPSA) is 154 Å². The van der Waals surface area contributed by atoms with Crippen molar-refractivity contribution < 1.29 is 39.2 Å². The number of esters is 1. The van der Waals surface area contributed by atoms with Crippen molar-refractivity contribution in [1.82, 2.24) is 10.6 Å². The molecule has 0 fully saturated rings. The second-order valence-corrected chi connectivity index (χ2v) is 8.65. The summed E-state index contributed by atoms with van der Waals surface area (Å²) in [6.07, 6.45) is 2.88. The highest BCUT2D eigenvalue weighted by molar-refractivity contribution is 5.89. The number of hydrogen-bond donors (Lipinski definition) is 5. The van der Waals surface area contributed by atoms with Gasteiger partial charge in [-0.25, -0.2) is 0 Å². The highest BCUT2D eigenvalue weighted by Crippen LogP contribution is 2.17. The molecule has 0 aliphatic rings. The van der Waals surface area contributed by atoms with Gasteiger partial charge in [-0.15, -0.1) is 12.3 Å². The number of unbranched alkanes of at least 4 members (excludes halogenated alkanes) is 1. The Labute approximate surface area is 195 Å². The van der Waals surface area contributed by atoms with Crippen molar-refractivity contribution in [3.05, 3.63) is 12.2 Å². The molecule has 0 aromatic rings. The van der Waals surface area contributed by atoms with Gasteiger partial charge in [0.05, 0.1) is 6.54 Å². The predicted molar refractivity (Wildman–Crippen MR) is 122 cm³/mol. The van der Waals surface area contributed by atoms with Gasteiger partial charge in [-0.2, -0.15) is 0 Å². The number of nitrogens with one attached hydrogen (secondary N) is 2. The van der Waals surface area contributed by atoms with Crippen LogP contribution < -0.4 is 10.6 Å². The zero-order valence-corrected chi connectivity index (χ0v) is 20.0. The third-order valence-corrected chi connectivity index (χ3v) is 4.43. The second kappa shape index (κ2) is 15.4. The Morgan fingerprint density at radius 3 is 2.30 bits per heavy atom. The Morgan fingerprint density at radius 2 is 1.76 bits per heavy atom. The molecule has 0 saturated heterocycles. The van der Waals surface area contributed by atoms with Gasteiger partial charge >= 0.3 is 5.97 Å². The number of allylic oxidation sites excluding steroid dienone is 1. The van der Waals surface area contributed by atoms with Crippen molar-refractivity contribution in [1.29, 1.82) is 0 Å². The van der Waals surface area contributed by atoms with E-state index in [1.165, 1.54) is 13.0 Å². The molecule has 0 aliphatic heterocycles. The number of carbonyl (C=O) groups is 3. The molecule has 0 saturated carbocycles. The smallest absolute Gasteiger partial charge is 0.305 e. The Kier molecular flexibility index (Phi) is 14.3. The summed E-state index contributed by atoms with van der Waals surface area (Å²) in [5, 5.41) is 35.5. The van der Waals surface area contributed by atoms with E-state index >= 15 is 0 Å². The summed E-state index contributed by atoms with van der Waals surface area (Å²) < 4.78 is 9.93. The maximum atomic E-state index is 12.4. The molecule has 0 rings (SSSR count). The number of methoxy groups -OCH3 is 1. The minimum absolute atomic E-state index is 0.0349. The van der Waals surface area contributed by atoms with E-state index in [1.807, 2.05) is 20.8 Å². The van der Waals surface area contributed by atoms with Gasteiger partial charge in [0.25, 0.3) is 5.91 Å². The molecular formula is C23H38N2O8. The van der Waals surface area contributed by atoms with Crippen molar-refractivity contribution in [2.45, 2.75) is 77.4 Å². The molecule has 2 amide bonds. The molecule has 0 spiro atoms. The molecule has 0 bridgehead atoms. The van der Waals surface area contributed by atoms with Crippen LogP contribution in [0.5, 0.6) is 0 Å². The maximum Gasteiger partial charge on any atom is 0.305 e.